The molecule has 0 aliphatic heterocycles. The molecule has 0 spiro atoms. The fourth-order valence-electron chi connectivity index (χ4n) is 3.60. The van der Waals surface area contributed by atoms with E-state index in [4.69, 9.17) is 0 Å². The standard InChI is InChI=1S/C27H19N3O2S/c1-17-13-14-19(26-30-22-12-7-15-28-27(22)33-26)16-23(17)29-25(32)21-11-6-5-10-20(21)24(31)18-8-3-2-4-9-18/h2-16H,1H3,(H,29,32). The van der Waals surface area contributed by atoms with Gasteiger partial charge in [-0.3, -0.25) is 9.59 Å². The molecule has 0 saturated heterocycles. The van der Waals surface area contributed by atoms with Gasteiger partial charge in [0.2, 0.25) is 0 Å². The van der Waals surface area contributed by atoms with Crippen molar-refractivity contribution in [2.75, 3.05) is 5.32 Å². The van der Waals surface area contributed by atoms with E-state index in [0.717, 1.165) is 26.5 Å². The van der Waals surface area contributed by atoms with Crippen molar-refractivity contribution in [2.24, 2.45) is 0 Å². The molecule has 5 aromatic rings. The molecule has 2 heterocycles. The van der Waals surface area contributed by atoms with Gasteiger partial charge in [-0.05, 0) is 36.8 Å². The minimum atomic E-state index is -0.332. The van der Waals surface area contributed by atoms with Gasteiger partial charge in [0.25, 0.3) is 5.91 Å². The zero-order chi connectivity index (χ0) is 22.8. The van der Waals surface area contributed by atoms with Crippen molar-refractivity contribution < 1.29 is 9.59 Å². The molecular formula is C27H19N3O2S. The number of hydrogen-bond acceptors (Lipinski definition) is 5. The molecule has 0 bridgehead atoms. The molecule has 0 saturated carbocycles. The molecule has 0 aliphatic carbocycles. The summed E-state index contributed by atoms with van der Waals surface area (Å²) in [5.74, 6) is -0.519. The lowest BCUT2D eigenvalue weighted by molar-refractivity contribution is 0.0996. The SMILES string of the molecule is Cc1ccc(-c2nc3cccnc3s2)cc1NC(=O)c1ccccc1C(=O)c1ccccc1. The highest BCUT2D eigenvalue weighted by Gasteiger charge is 2.19. The number of nitrogens with zero attached hydrogens (tertiary/aromatic N) is 2. The molecular weight excluding hydrogens is 430 g/mol. The molecule has 3 aromatic carbocycles. The van der Waals surface area contributed by atoms with Gasteiger partial charge in [-0.15, -0.1) is 0 Å². The van der Waals surface area contributed by atoms with Gasteiger partial charge in [-0.25, -0.2) is 9.97 Å². The lowest BCUT2D eigenvalue weighted by Crippen LogP contribution is -2.17. The Balaban J connectivity index is 1.46. The fourth-order valence-corrected chi connectivity index (χ4v) is 4.50. The summed E-state index contributed by atoms with van der Waals surface area (Å²) < 4.78 is 0. The summed E-state index contributed by atoms with van der Waals surface area (Å²) in [6.45, 7) is 1.93. The number of fused-ring (bicyclic) bond motifs is 1. The summed E-state index contributed by atoms with van der Waals surface area (Å²) in [7, 11) is 0. The second kappa shape index (κ2) is 8.76. The number of carbonyl (C=O) groups excluding carboxylic acids is 2. The third kappa shape index (κ3) is 4.16. The van der Waals surface area contributed by atoms with Gasteiger partial charge in [-0.2, -0.15) is 0 Å². The normalized spacial score (nSPS) is 10.8. The van der Waals surface area contributed by atoms with E-state index in [1.165, 1.54) is 11.3 Å². The molecule has 2 aromatic heterocycles. The molecule has 6 heteroatoms. The molecule has 0 atom stereocenters. The van der Waals surface area contributed by atoms with Crippen LogP contribution in [0.3, 0.4) is 0 Å². The lowest BCUT2D eigenvalue weighted by atomic mass is 9.97. The number of thiazole rings is 1. The molecule has 5 nitrogen and oxygen atoms in total. The first-order valence-corrected chi connectivity index (χ1v) is 11.2. The molecule has 33 heavy (non-hydrogen) atoms. The first-order chi connectivity index (χ1) is 16.1. The summed E-state index contributed by atoms with van der Waals surface area (Å²) in [5.41, 5.74) is 4.57. The highest BCUT2D eigenvalue weighted by Crippen LogP contribution is 2.31. The van der Waals surface area contributed by atoms with Crippen LogP contribution in [0.4, 0.5) is 5.69 Å². The second-order valence-electron chi connectivity index (χ2n) is 7.57. The van der Waals surface area contributed by atoms with Gasteiger partial charge in [-0.1, -0.05) is 72.0 Å². The Morgan fingerprint density at radius 1 is 0.848 bits per heavy atom. The monoisotopic (exact) mass is 449 g/mol. The van der Waals surface area contributed by atoms with Gasteiger partial charge in [0.05, 0.1) is 5.56 Å². The predicted octanol–water partition coefficient (Wildman–Crippen LogP) is 6.15. The number of hydrogen-bond donors (Lipinski definition) is 1. The largest absolute Gasteiger partial charge is 0.322 e. The first kappa shape index (κ1) is 20.7. The summed E-state index contributed by atoms with van der Waals surface area (Å²) in [4.78, 5) is 36.1. The molecule has 0 unspecified atom stereocenters. The van der Waals surface area contributed by atoms with Crippen molar-refractivity contribution in [3.63, 3.8) is 0 Å². The third-order valence-electron chi connectivity index (χ3n) is 5.35. The minimum absolute atomic E-state index is 0.186. The van der Waals surface area contributed by atoms with Crippen LogP contribution in [-0.2, 0) is 0 Å². The quantitative estimate of drug-likeness (QED) is 0.327. The number of nitrogens with one attached hydrogen (secondary N) is 1. The Kier molecular flexibility index (Phi) is 5.50. The van der Waals surface area contributed by atoms with E-state index < -0.39 is 0 Å². The molecule has 0 aliphatic rings. The summed E-state index contributed by atoms with van der Waals surface area (Å²) >= 11 is 1.50. The zero-order valence-corrected chi connectivity index (χ0v) is 18.6. The van der Waals surface area contributed by atoms with Crippen molar-refractivity contribution in [3.05, 3.63) is 113 Å². The van der Waals surface area contributed by atoms with Crippen molar-refractivity contribution in [1.29, 1.82) is 0 Å². The van der Waals surface area contributed by atoms with E-state index in [0.29, 0.717) is 22.4 Å². The smallest absolute Gasteiger partial charge is 0.256 e. The second-order valence-corrected chi connectivity index (χ2v) is 8.55. The number of aryl methyl sites for hydroxylation is 1. The number of amides is 1. The number of ketones is 1. The van der Waals surface area contributed by atoms with E-state index in [1.54, 1.807) is 42.6 Å². The minimum Gasteiger partial charge on any atom is -0.322 e. The maximum atomic E-state index is 13.2. The number of benzene rings is 3. The lowest BCUT2D eigenvalue weighted by Gasteiger charge is -2.12. The van der Waals surface area contributed by atoms with Crippen molar-refractivity contribution in [1.82, 2.24) is 9.97 Å². The molecule has 1 amide bonds. The summed E-state index contributed by atoms with van der Waals surface area (Å²) in [6.07, 6.45) is 1.75. The van der Waals surface area contributed by atoms with Crippen molar-refractivity contribution in [2.45, 2.75) is 6.92 Å². The number of carbonyl (C=O) groups is 2. The number of rotatable bonds is 5. The van der Waals surface area contributed by atoms with Gasteiger partial charge in [0, 0.05) is 28.6 Å². The zero-order valence-electron chi connectivity index (χ0n) is 17.8. The number of anilines is 1. The van der Waals surface area contributed by atoms with Crippen molar-refractivity contribution >= 4 is 39.1 Å². The van der Waals surface area contributed by atoms with Crippen molar-refractivity contribution in [3.8, 4) is 10.6 Å². The van der Waals surface area contributed by atoms with Crippen LogP contribution in [0.1, 0.15) is 31.8 Å². The first-order valence-electron chi connectivity index (χ1n) is 10.4. The average molecular weight is 450 g/mol. The number of pyridine rings is 1. The molecule has 0 radical (unpaired) electrons. The van der Waals surface area contributed by atoms with E-state index >= 15 is 0 Å². The van der Waals surface area contributed by atoms with Gasteiger partial charge in [0.15, 0.2) is 5.78 Å². The summed E-state index contributed by atoms with van der Waals surface area (Å²) in [6, 6.07) is 25.5. The maximum Gasteiger partial charge on any atom is 0.256 e. The molecule has 0 fully saturated rings. The van der Waals surface area contributed by atoms with Gasteiger partial charge >= 0.3 is 0 Å². The highest BCUT2D eigenvalue weighted by molar-refractivity contribution is 7.21. The van der Waals surface area contributed by atoms with Crippen LogP contribution in [0, 0.1) is 6.92 Å². The Bertz CT molecular complexity index is 1460. The third-order valence-corrected chi connectivity index (χ3v) is 6.38. The Hall–Kier alpha value is -4.16. The van der Waals surface area contributed by atoms with Gasteiger partial charge in [0.1, 0.15) is 15.4 Å². The topological polar surface area (TPSA) is 72.0 Å². The van der Waals surface area contributed by atoms with Gasteiger partial charge < -0.3 is 5.32 Å². The van der Waals surface area contributed by atoms with Crippen LogP contribution in [-0.4, -0.2) is 21.7 Å². The maximum absolute atomic E-state index is 13.2. The van der Waals surface area contributed by atoms with Crippen LogP contribution >= 0.6 is 11.3 Å². The van der Waals surface area contributed by atoms with Crippen LogP contribution in [0.2, 0.25) is 0 Å². The summed E-state index contributed by atoms with van der Waals surface area (Å²) in [5, 5.41) is 3.82. The molecule has 1 N–H and O–H groups in total. The molecule has 160 valence electrons. The van der Waals surface area contributed by atoms with Crippen LogP contribution in [0.15, 0.2) is 91.1 Å². The average Bonchev–Trinajstić information content (AvgIpc) is 3.30. The molecule has 5 rings (SSSR count). The van der Waals surface area contributed by atoms with Crippen LogP contribution in [0.5, 0.6) is 0 Å². The predicted molar refractivity (Wildman–Crippen MR) is 132 cm³/mol. The Morgan fingerprint density at radius 3 is 2.39 bits per heavy atom. The van der Waals surface area contributed by atoms with E-state index in [2.05, 4.69) is 15.3 Å². The van der Waals surface area contributed by atoms with E-state index in [1.807, 2.05) is 55.5 Å². The highest BCUT2D eigenvalue weighted by atomic mass is 32.1. The Morgan fingerprint density at radius 2 is 1.61 bits per heavy atom. The number of aromatic nitrogens is 2. The van der Waals surface area contributed by atoms with Crippen LogP contribution < -0.4 is 5.32 Å². The fraction of sp³-hybridized carbons (Fsp3) is 0.0370. The van der Waals surface area contributed by atoms with Crippen LogP contribution in [0.25, 0.3) is 20.9 Å². The van der Waals surface area contributed by atoms with E-state index in [9.17, 15) is 9.59 Å². The van der Waals surface area contributed by atoms with E-state index in [-0.39, 0.29) is 11.7 Å². The Labute approximate surface area is 194 Å².